The van der Waals surface area contributed by atoms with Crippen molar-refractivity contribution in [2.75, 3.05) is 32.8 Å². The highest BCUT2D eigenvalue weighted by Gasteiger charge is 2.41. The van der Waals surface area contributed by atoms with E-state index in [2.05, 4.69) is 0 Å². The number of piperidine rings is 1. The first-order valence-electron chi connectivity index (χ1n) is 7.94. The van der Waals surface area contributed by atoms with Crippen molar-refractivity contribution in [1.82, 2.24) is 4.90 Å². The molecular weight excluding hydrogens is 256 g/mol. The lowest BCUT2D eigenvalue weighted by Crippen LogP contribution is -2.52. The molecular formula is C15H28N2O3. The molecule has 5 heteroatoms. The van der Waals surface area contributed by atoms with Crippen LogP contribution in [0.1, 0.15) is 44.9 Å². The van der Waals surface area contributed by atoms with E-state index in [1.807, 2.05) is 4.90 Å². The zero-order valence-corrected chi connectivity index (χ0v) is 12.4. The fourth-order valence-electron chi connectivity index (χ4n) is 3.51. The molecule has 1 amide bonds. The van der Waals surface area contributed by atoms with Gasteiger partial charge in [-0.05, 0) is 25.7 Å². The van der Waals surface area contributed by atoms with E-state index in [0.29, 0.717) is 13.2 Å². The third-order valence-corrected chi connectivity index (χ3v) is 4.83. The van der Waals surface area contributed by atoms with Gasteiger partial charge in [0.05, 0.1) is 24.7 Å². The summed E-state index contributed by atoms with van der Waals surface area (Å²) in [6, 6.07) is 0. The number of likely N-dealkylation sites (tertiary alicyclic amines) is 1. The van der Waals surface area contributed by atoms with E-state index in [1.165, 1.54) is 6.42 Å². The van der Waals surface area contributed by atoms with Crippen LogP contribution in [0.25, 0.3) is 0 Å². The zero-order chi connectivity index (χ0) is 14.4. The van der Waals surface area contributed by atoms with Gasteiger partial charge in [-0.2, -0.15) is 0 Å². The summed E-state index contributed by atoms with van der Waals surface area (Å²) in [6.07, 6.45) is 7.29. The molecule has 0 aromatic rings. The number of carbonyl (C=O) groups is 1. The Hall–Kier alpha value is -0.650. The Bertz CT molecular complexity index is 308. The molecule has 0 unspecified atom stereocenters. The summed E-state index contributed by atoms with van der Waals surface area (Å²) in [5.74, 6) is 0.264. The molecule has 3 N–H and O–H groups in total. The van der Waals surface area contributed by atoms with Gasteiger partial charge in [0.15, 0.2) is 0 Å². The van der Waals surface area contributed by atoms with Crippen molar-refractivity contribution in [3.63, 3.8) is 0 Å². The summed E-state index contributed by atoms with van der Waals surface area (Å²) in [6.45, 7) is 2.46. The summed E-state index contributed by atoms with van der Waals surface area (Å²) in [5.41, 5.74) is 5.64. The van der Waals surface area contributed by atoms with Crippen LogP contribution in [0.15, 0.2) is 0 Å². The van der Waals surface area contributed by atoms with E-state index in [1.54, 1.807) is 0 Å². The van der Waals surface area contributed by atoms with Crippen LogP contribution in [0.4, 0.5) is 0 Å². The Labute approximate surface area is 121 Å². The smallest absolute Gasteiger partial charge is 0.230 e. The van der Waals surface area contributed by atoms with Crippen molar-refractivity contribution < 1.29 is 14.6 Å². The minimum atomic E-state index is -0.295. The van der Waals surface area contributed by atoms with Crippen LogP contribution >= 0.6 is 0 Å². The van der Waals surface area contributed by atoms with Crippen molar-refractivity contribution >= 4 is 5.91 Å². The molecule has 1 saturated heterocycles. The Morgan fingerprint density at radius 1 is 1.25 bits per heavy atom. The van der Waals surface area contributed by atoms with Gasteiger partial charge in [-0.25, -0.2) is 0 Å². The number of hydrogen-bond acceptors (Lipinski definition) is 4. The summed E-state index contributed by atoms with van der Waals surface area (Å²) in [5, 5.41) is 8.77. The fraction of sp³-hybridized carbons (Fsp3) is 0.933. The molecule has 1 saturated carbocycles. The van der Waals surface area contributed by atoms with Gasteiger partial charge in [-0.15, -0.1) is 0 Å². The lowest BCUT2D eigenvalue weighted by molar-refractivity contribution is -0.146. The maximum absolute atomic E-state index is 12.8. The van der Waals surface area contributed by atoms with Crippen molar-refractivity contribution in [3.8, 4) is 0 Å². The molecule has 5 nitrogen and oxygen atoms in total. The molecule has 0 atom stereocenters. The number of rotatable bonds is 5. The second-order valence-electron chi connectivity index (χ2n) is 6.13. The monoisotopic (exact) mass is 284 g/mol. The summed E-state index contributed by atoms with van der Waals surface area (Å²) in [7, 11) is 0. The number of nitrogens with two attached hydrogens (primary N) is 1. The SMILES string of the molecule is NCC1(C(=O)N2CCC(OCCO)CC2)CCCCC1. The van der Waals surface area contributed by atoms with E-state index in [4.69, 9.17) is 15.6 Å². The quantitative estimate of drug-likeness (QED) is 0.786. The molecule has 0 aromatic carbocycles. The molecule has 1 heterocycles. The number of amides is 1. The van der Waals surface area contributed by atoms with Gasteiger partial charge in [-0.3, -0.25) is 4.79 Å². The summed E-state index contributed by atoms with van der Waals surface area (Å²) in [4.78, 5) is 14.8. The van der Waals surface area contributed by atoms with Crippen LogP contribution in [0, 0.1) is 5.41 Å². The molecule has 0 aromatic heterocycles. The van der Waals surface area contributed by atoms with Crippen LogP contribution in [-0.2, 0) is 9.53 Å². The van der Waals surface area contributed by atoms with Crippen LogP contribution in [0.2, 0.25) is 0 Å². The predicted molar refractivity (Wildman–Crippen MR) is 77.2 cm³/mol. The minimum absolute atomic E-state index is 0.0649. The first kappa shape index (κ1) is 15.7. The highest BCUT2D eigenvalue weighted by molar-refractivity contribution is 5.83. The third-order valence-electron chi connectivity index (χ3n) is 4.83. The lowest BCUT2D eigenvalue weighted by atomic mass is 9.73. The summed E-state index contributed by atoms with van der Waals surface area (Å²) >= 11 is 0. The van der Waals surface area contributed by atoms with Crippen molar-refractivity contribution in [1.29, 1.82) is 0 Å². The standard InChI is InChI=1S/C15H28N2O3/c16-12-15(6-2-1-3-7-15)14(19)17-8-4-13(5-9-17)20-11-10-18/h13,18H,1-12,16H2. The largest absolute Gasteiger partial charge is 0.394 e. The molecule has 2 aliphatic rings. The number of nitrogens with zero attached hydrogens (tertiary/aromatic N) is 1. The number of aliphatic hydroxyl groups is 1. The van der Waals surface area contributed by atoms with E-state index in [-0.39, 0.29) is 24.0 Å². The molecule has 0 bridgehead atoms. The topological polar surface area (TPSA) is 75.8 Å². The van der Waals surface area contributed by atoms with Crippen molar-refractivity contribution in [2.24, 2.45) is 11.1 Å². The Morgan fingerprint density at radius 2 is 1.90 bits per heavy atom. The second kappa shape index (κ2) is 7.38. The van der Waals surface area contributed by atoms with E-state index in [0.717, 1.165) is 51.6 Å². The number of ether oxygens (including phenoxy) is 1. The van der Waals surface area contributed by atoms with Crippen LogP contribution in [-0.4, -0.2) is 54.9 Å². The molecule has 20 heavy (non-hydrogen) atoms. The van der Waals surface area contributed by atoms with Gasteiger partial charge in [0.1, 0.15) is 0 Å². The van der Waals surface area contributed by atoms with Crippen LogP contribution < -0.4 is 5.73 Å². The molecule has 1 aliphatic carbocycles. The Kier molecular flexibility index (Phi) is 5.81. The van der Waals surface area contributed by atoms with Gasteiger partial charge >= 0.3 is 0 Å². The van der Waals surface area contributed by atoms with Crippen LogP contribution in [0.5, 0.6) is 0 Å². The fourth-order valence-corrected chi connectivity index (χ4v) is 3.51. The van der Waals surface area contributed by atoms with Crippen LogP contribution in [0.3, 0.4) is 0 Å². The Morgan fingerprint density at radius 3 is 2.45 bits per heavy atom. The van der Waals surface area contributed by atoms with Gasteiger partial charge < -0.3 is 20.5 Å². The normalized spacial score (nSPS) is 23.8. The second-order valence-corrected chi connectivity index (χ2v) is 6.13. The first-order chi connectivity index (χ1) is 9.72. The molecule has 1 aliphatic heterocycles. The maximum Gasteiger partial charge on any atom is 0.230 e. The zero-order valence-electron chi connectivity index (χ0n) is 12.4. The average molecular weight is 284 g/mol. The van der Waals surface area contributed by atoms with Gasteiger partial charge in [0.25, 0.3) is 0 Å². The number of aliphatic hydroxyl groups excluding tert-OH is 1. The van der Waals surface area contributed by atoms with E-state index >= 15 is 0 Å². The molecule has 0 spiro atoms. The Balaban J connectivity index is 1.87. The number of hydrogen-bond donors (Lipinski definition) is 2. The average Bonchev–Trinajstić information content (AvgIpc) is 2.53. The van der Waals surface area contributed by atoms with Crippen molar-refractivity contribution in [2.45, 2.75) is 51.0 Å². The van der Waals surface area contributed by atoms with Gasteiger partial charge in [0.2, 0.25) is 5.91 Å². The van der Waals surface area contributed by atoms with Crippen molar-refractivity contribution in [3.05, 3.63) is 0 Å². The highest BCUT2D eigenvalue weighted by atomic mass is 16.5. The molecule has 0 radical (unpaired) electrons. The van der Waals surface area contributed by atoms with E-state index < -0.39 is 0 Å². The minimum Gasteiger partial charge on any atom is -0.394 e. The molecule has 2 rings (SSSR count). The molecule has 116 valence electrons. The number of carbonyl (C=O) groups excluding carboxylic acids is 1. The predicted octanol–water partition coefficient (Wildman–Crippen LogP) is 0.895. The summed E-state index contributed by atoms with van der Waals surface area (Å²) < 4.78 is 5.54. The maximum atomic E-state index is 12.8. The van der Waals surface area contributed by atoms with Gasteiger partial charge in [0, 0.05) is 19.6 Å². The third kappa shape index (κ3) is 3.51. The van der Waals surface area contributed by atoms with E-state index in [9.17, 15) is 4.79 Å². The lowest BCUT2D eigenvalue weighted by Gasteiger charge is -2.41. The first-order valence-corrected chi connectivity index (χ1v) is 7.94. The molecule has 2 fully saturated rings. The highest BCUT2D eigenvalue weighted by Crippen LogP contribution is 2.37. The van der Waals surface area contributed by atoms with Gasteiger partial charge in [-0.1, -0.05) is 19.3 Å².